The minimum atomic E-state index is -0.246. The van der Waals surface area contributed by atoms with Crippen molar-refractivity contribution in [3.63, 3.8) is 0 Å². The van der Waals surface area contributed by atoms with Gasteiger partial charge < -0.3 is 5.32 Å². The van der Waals surface area contributed by atoms with Gasteiger partial charge in [0.05, 0.1) is 5.00 Å². The monoisotopic (exact) mass is 317 g/mol. The molecule has 0 aliphatic rings. The summed E-state index contributed by atoms with van der Waals surface area (Å²) in [7, 11) is 0. The lowest BCUT2D eigenvalue weighted by atomic mass is 10.1. The molecule has 106 valence electrons. The molecule has 0 fully saturated rings. The first-order chi connectivity index (χ1) is 10.2. The predicted molar refractivity (Wildman–Crippen MR) is 88.3 cm³/mol. The van der Waals surface area contributed by atoms with Crippen LogP contribution in [0.25, 0.3) is 0 Å². The van der Waals surface area contributed by atoms with Gasteiger partial charge in [0.25, 0.3) is 0 Å². The van der Waals surface area contributed by atoms with Crippen molar-refractivity contribution in [2.45, 2.75) is 6.42 Å². The summed E-state index contributed by atoms with van der Waals surface area (Å²) in [6, 6.07) is 16.3. The van der Waals surface area contributed by atoms with E-state index in [2.05, 4.69) is 11.4 Å². The molecule has 0 unspecified atom stereocenters. The Balaban J connectivity index is 1.83. The van der Waals surface area contributed by atoms with Gasteiger partial charge in [0.1, 0.15) is 5.82 Å². The van der Waals surface area contributed by atoms with Crippen LogP contribution in [0.3, 0.4) is 0 Å². The molecule has 4 heteroatoms. The van der Waals surface area contributed by atoms with Gasteiger partial charge in [-0.15, -0.1) is 11.3 Å². The molecule has 3 rings (SSSR count). The highest BCUT2D eigenvalue weighted by atomic mass is 35.5. The number of nitrogens with one attached hydrogen (secondary N) is 1. The van der Waals surface area contributed by atoms with Crippen LogP contribution in [0.15, 0.2) is 60.0 Å². The lowest BCUT2D eigenvalue weighted by molar-refractivity contribution is 0.628. The SMILES string of the molecule is Fc1cccc(Nc2sccc2Cc2ccccc2Cl)c1. The topological polar surface area (TPSA) is 12.0 Å². The molecule has 1 N–H and O–H groups in total. The molecule has 0 atom stereocenters. The Hall–Kier alpha value is -1.84. The zero-order chi connectivity index (χ0) is 14.7. The number of rotatable bonds is 4. The quantitative estimate of drug-likeness (QED) is 0.634. The molecule has 0 amide bonds. The Labute approximate surface area is 132 Å². The Bertz CT molecular complexity index is 754. The van der Waals surface area contributed by atoms with Crippen molar-refractivity contribution < 1.29 is 4.39 Å². The second-order valence-corrected chi connectivity index (χ2v) is 6.00. The average molecular weight is 318 g/mol. The van der Waals surface area contributed by atoms with E-state index in [-0.39, 0.29) is 5.82 Å². The minimum absolute atomic E-state index is 0.246. The number of benzene rings is 2. The van der Waals surface area contributed by atoms with E-state index < -0.39 is 0 Å². The molecule has 0 saturated carbocycles. The molecule has 0 aliphatic heterocycles. The minimum Gasteiger partial charge on any atom is -0.347 e. The Kier molecular flexibility index (Phi) is 4.23. The molecule has 21 heavy (non-hydrogen) atoms. The van der Waals surface area contributed by atoms with E-state index in [1.54, 1.807) is 17.4 Å². The lowest BCUT2D eigenvalue weighted by Crippen LogP contribution is -1.94. The second-order valence-electron chi connectivity index (χ2n) is 4.68. The molecular weight excluding hydrogens is 305 g/mol. The Morgan fingerprint density at radius 1 is 1.00 bits per heavy atom. The van der Waals surface area contributed by atoms with Crippen LogP contribution in [0.2, 0.25) is 5.02 Å². The smallest absolute Gasteiger partial charge is 0.125 e. The van der Waals surface area contributed by atoms with Gasteiger partial charge in [-0.25, -0.2) is 4.39 Å². The van der Waals surface area contributed by atoms with Gasteiger partial charge in [0.2, 0.25) is 0 Å². The van der Waals surface area contributed by atoms with Crippen LogP contribution in [0.5, 0.6) is 0 Å². The van der Waals surface area contributed by atoms with E-state index in [9.17, 15) is 4.39 Å². The molecule has 2 aromatic carbocycles. The van der Waals surface area contributed by atoms with E-state index >= 15 is 0 Å². The van der Waals surface area contributed by atoms with Crippen LogP contribution >= 0.6 is 22.9 Å². The molecule has 0 aliphatic carbocycles. The molecule has 0 spiro atoms. The standard InChI is InChI=1S/C17H13ClFNS/c18-16-7-2-1-4-12(16)10-13-8-9-21-17(13)20-15-6-3-5-14(19)11-15/h1-9,11,20H,10H2. The average Bonchev–Trinajstić information content (AvgIpc) is 2.89. The summed E-state index contributed by atoms with van der Waals surface area (Å²) < 4.78 is 13.2. The van der Waals surface area contributed by atoms with Crippen LogP contribution in [0.4, 0.5) is 15.1 Å². The van der Waals surface area contributed by atoms with Crippen molar-refractivity contribution in [1.82, 2.24) is 0 Å². The van der Waals surface area contributed by atoms with Gasteiger partial charge in [-0.3, -0.25) is 0 Å². The van der Waals surface area contributed by atoms with Crippen LogP contribution in [-0.2, 0) is 6.42 Å². The van der Waals surface area contributed by atoms with Crippen LogP contribution < -0.4 is 5.32 Å². The van der Waals surface area contributed by atoms with Crippen molar-refractivity contribution in [1.29, 1.82) is 0 Å². The third-order valence-corrected chi connectivity index (χ3v) is 4.41. The van der Waals surface area contributed by atoms with Crippen molar-refractivity contribution in [3.05, 3.63) is 81.9 Å². The van der Waals surface area contributed by atoms with Gasteiger partial charge in [-0.1, -0.05) is 35.9 Å². The summed E-state index contributed by atoms with van der Waals surface area (Å²) in [6.07, 6.45) is 0.751. The maximum Gasteiger partial charge on any atom is 0.125 e. The summed E-state index contributed by atoms with van der Waals surface area (Å²) in [4.78, 5) is 0. The van der Waals surface area contributed by atoms with E-state index in [1.165, 1.54) is 12.1 Å². The Morgan fingerprint density at radius 2 is 1.86 bits per heavy atom. The zero-order valence-corrected chi connectivity index (χ0v) is 12.7. The van der Waals surface area contributed by atoms with Crippen molar-refractivity contribution in [2.75, 3.05) is 5.32 Å². The predicted octanol–water partition coefficient (Wildman–Crippen LogP) is 5.88. The fourth-order valence-corrected chi connectivity index (χ4v) is 3.17. The Morgan fingerprint density at radius 3 is 2.67 bits per heavy atom. The number of halogens is 2. The highest BCUT2D eigenvalue weighted by Gasteiger charge is 2.08. The summed E-state index contributed by atoms with van der Waals surface area (Å²) >= 11 is 7.81. The number of anilines is 2. The summed E-state index contributed by atoms with van der Waals surface area (Å²) in [6.45, 7) is 0. The molecule has 0 radical (unpaired) electrons. The highest BCUT2D eigenvalue weighted by molar-refractivity contribution is 7.14. The molecule has 1 nitrogen and oxygen atoms in total. The molecule has 0 bridgehead atoms. The van der Waals surface area contributed by atoms with Crippen molar-refractivity contribution >= 4 is 33.6 Å². The van der Waals surface area contributed by atoms with E-state index in [4.69, 9.17) is 11.6 Å². The van der Waals surface area contributed by atoms with Crippen molar-refractivity contribution in [2.24, 2.45) is 0 Å². The maximum absolute atomic E-state index is 13.2. The van der Waals surface area contributed by atoms with E-state index in [1.807, 2.05) is 35.7 Å². The first-order valence-electron chi connectivity index (χ1n) is 6.55. The van der Waals surface area contributed by atoms with Gasteiger partial charge in [0.15, 0.2) is 0 Å². The fourth-order valence-electron chi connectivity index (χ4n) is 2.13. The normalized spacial score (nSPS) is 10.6. The van der Waals surface area contributed by atoms with Gasteiger partial charge in [0, 0.05) is 17.1 Å². The van der Waals surface area contributed by atoms with Crippen LogP contribution in [0, 0.1) is 5.82 Å². The number of hydrogen-bond acceptors (Lipinski definition) is 2. The lowest BCUT2D eigenvalue weighted by Gasteiger charge is -2.08. The first-order valence-corrected chi connectivity index (χ1v) is 7.80. The van der Waals surface area contributed by atoms with E-state index in [0.717, 1.165) is 33.3 Å². The summed E-state index contributed by atoms with van der Waals surface area (Å²) in [5.74, 6) is -0.246. The molecule has 3 aromatic rings. The van der Waals surface area contributed by atoms with E-state index in [0.29, 0.717) is 0 Å². The van der Waals surface area contributed by atoms with Gasteiger partial charge in [-0.05, 0) is 46.8 Å². The largest absolute Gasteiger partial charge is 0.347 e. The summed E-state index contributed by atoms with van der Waals surface area (Å²) in [5.41, 5.74) is 2.98. The molecule has 1 heterocycles. The first kappa shape index (κ1) is 14.1. The van der Waals surface area contributed by atoms with Gasteiger partial charge >= 0.3 is 0 Å². The summed E-state index contributed by atoms with van der Waals surface area (Å²) in [5, 5.41) is 7.07. The van der Waals surface area contributed by atoms with Gasteiger partial charge in [-0.2, -0.15) is 0 Å². The second kappa shape index (κ2) is 6.29. The molecule has 1 aromatic heterocycles. The number of hydrogen-bond donors (Lipinski definition) is 1. The van der Waals surface area contributed by atoms with Crippen LogP contribution in [-0.4, -0.2) is 0 Å². The van der Waals surface area contributed by atoms with Crippen molar-refractivity contribution in [3.8, 4) is 0 Å². The molecule has 0 saturated heterocycles. The van der Waals surface area contributed by atoms with Crippen LogP contribution in [0.1, 0.15) is 11.1 Å². The zero-order valence-electron chi connectivity index (χ0n) is 11.1. The molecular formula is C17H13ClFNS. The fraction of sp³-hybridized carbons (Fsp3) is 0.0588. The third kappa shape index (κ3) is 3.43. The maximum atomic E-state index is 13.2. The third-order valence-electron chi connectivity index (χ3n) is 3.17. The highest BCUT2D eigenvalue weighted by Crippen LogP contribution is 2.30. The number of thiophene rings is 1.